The van der Waals surface area contributed by atoms with Crippen LogP contribution in [0.2, 0.25) is 0 Å². The quantitative estimate of drug-likeness (QED) is 0.506. The second-order valence-corrected chi connectivity index (χ2v) is 8.45. The lowest BCUT2D eigenvalue weighted by atomic mass is 9.97. The van der Waals surface area contributed by atoms with Crippen molar-refractivity contribution in [2.24, 2.45) is 5.92 Å². The zero-order chi connectivity index (χ0) is 25.9. The first-order valence-corrected chi connectivity index (χ1v) is 10.3. The van der Waals surface area contributed by atoms with Gasteiger partial charge in [0.15, 0.2) is 0 Å². The first-order chi connectivity index (χ1) is 16.1. The number of pyridine rings is 2. The van der Waals surface area contributed by atoms with Crippen LogP contribution >= 0.6 is 0 Å². The first kappa shape index (κ1) is 25.0. The van der Waals surface area contributed by atoms with Crippen LogP contribution in [0, 0.1) is 5.92 Å². The van der Waals surface area contributed by atoms with Crippen LogP contribution in [-0.4, -0.2) is 35.0 Å². The van der Waals surface area contributed by atoms with Crippen LogP contribution in [-0.2, 0) is 23.3 Å². The van der Waals surface area contributed by atoms with E-state index in [1.54, 1.807) is 0 Å². The highest BCUT2D eigenvalue weighted by Gasteiger charge is 2.52. The van der Waals surface area contributed by atoms with E-state index in [1.165, 1.54) is 0 Å². The summed E-state index contributed by atoms with van der Waals surface area (Å²) in [6, 6.07) is 1.48. The summed E-state index contributed by atoms with van der Waals surface area (Å²) in [6.07, 6.45) is -13.8. The summed E-state index contributed by atoms with van der Waals surface area (Å²) in [4.78, 5) is 22.1. The van der Waals surface area contributed by atoms with Crippen molar-refractivity contribution < 1.29 is 44.3 Å². The Kier molecular flexibility index (Phi) is 5.91. The molecule has 3 heterocycles. The summed E-state index contributed by atoms with van der Waals surface area (Å²) in [5, 5.41) is 0. The van der Waals surface area contributed by atoms with E-state index in [1.807, 2.05) is 0 Å². The Morgan fingerprint density at radius 3 is 2.17 bits per heavy atom. The van der Waals surface area contributed by atoms with Gasteiger partial charge in [-0.2, -0.15) is 39.5 Å². The second kappa shape index (κ2) is 8.26. The highest BCUT2D eigenvalue weighted by Crippen LogP contribution is 2.47. The van der Waals surface area contributed by atoms with Crippen molar-refractivity contribution in [1.82, 2.24) is 9.97 Å². The molecule has 0 N–H and O–H groups in total. The fraction of sp³-hybridized carbons (Fsp3) is 0.476. The number of carbonyl (C=O) groups excluding carboxylic acids is 1. The maximum Gasteiger partial charge on any atom is 0.433 e. The molecule has 4 rings (SSSR count). The zero-order valence-electron chi connectivity index (χ0n) is 17.8. The van der Waals surface area contributed by atoms with E-state index in [9.17, 15) is 44.3 Å². The van der Waals surface area contributed by atoms with Crippen LogP contribution in [0.15, 0.2) is 30.3 Å². The summed E-state index contributed by atoms with van der Waals surface area (Å²) in [5.41, 5.74) is -4.59. The molecule has 2 aromatic heterocycles. The predicted molar refractivity (Wildman–Crippen MR) is 104 cm³/mol. The van der Waals surface area contributed by atoms with Gasteiger partial charge in [0.05, 0.1) is 5.56 Å². The Morgan fingerprint density at radius 2 is 1.57 bits per heavy atom. The number of likely N-dealkylation sites (N-methyl/N-ethyl adjacent to an activating group) is 1. The average Bonchev–Trinajstić information content (AvgIpc) is 3.38. The molecule has 1 amide bonds. The molecule has 2 aliphatic rings. The molecule has 1 aliphatic heterocycles. The van der Waals surface area contributed by atoms with Crippen molar-refractivity contribution in [1.29, 1.82) is 0 Å². The highest BCUT2D eigenvalue weighted by molar-refractivity contribution is 5.98. The summed E-state index contributed by atoms with van der Waals surface area (Å²) < 4.78 is 119. The number of aromatic nitrogens is 2. The van der Waals surface area contributed by atoms with Gasteiger partial charge in [-0.1, -0.05) is 6.07 Å². The van der Waals surface area contributed by atoms with Crippen LogP contribution in [0.3, 0.4) is 0 Å². The molecule has 2 aromatic rings. The monoisotopic (exact) mass is 512 g/mol. The molecular formula is C21H17F9N4O. The van der Waals surface area contributed by atoms with Gasteiger partial charge in [-0.05, 0) is 49.4 Å². The van der Waals surface area contributed by atoms with Crippen LogP contribution in [0.25, 0.3) is 0 Å². The van der Waals surface area contributed by atoms with Gasteiger partial charge >= 0.3 is 18.5 Å². The lowest BCUT2D eigenvalue weighted by Gasteiger charge is -2.37. The number of hydrogen-bond donors (Lipinski definition) is 0. The Balaban J connectivity index is 1.74. The van der Waals surface area contributed by atoms with Crippen molar-refractivity contribution >= 4 is 17.5 Å². The number of carbonyl (C=O) groups is 1. The molecule has 2 fully saturated rings. The minimum atomic E-state index is -5.17. The number of amides is 1. The fourth-order valence-corrected chi connectivity index (χ4v) is 4.67. The van der Waals surface area contributed by atoms with E-state index in [2.05, 4.69) is 9.97 Å². The Morgan fingerprint density at radius 1 is 0.914 bits per heavy atom. The van der Waals surface area contributed by atoms with Crippen LogP contribution in [0.4, 0.5) is 51.1 Å². The van der Waals surface area contributed by atoms with Gasteiger partial charge in [-0.15, -0.1) is 0 Å². The number of halogens is 9. The Labute approximate surface area is 192 Å². The summed E-state index contributed by atoms with van der Waals surface area (Å²) in [6.45, 7) is 0. The number of anilines is 2. The van der Waals surface area contributed by atoms with Crippen molar-refractivity contribution in [3.8, 4) is 0 Å². The van der Waals surface area contributed by atoms with Crippen LogP contribution in [0.1, 0.15) is 36.2 Å². The average molecular weight is 512 g/mol. The van der Waals surface area contributed by atoms with Crippen molar-refractivity contribution in [2.45, 2.75) is 49.9 Å². The molecule has 35 heavy (non-hydrogen) atoms. The molecule has 0 aromatic carbocycles. The normalized spacial score (nSPS) is 22.6. The molecule has 1 aliphatic carbocycles. The predicted octanol–water partition coefficient (Wildman–Crippen LogP) is 5.55. The number of fused-ring (bicyclic) bond motifs is 2. The smallest absolute Gasteiger partial charge is 0.341 e. The first-order valence-electron chi connectivity index (χ1n) is 10.3. The molecule has 1 saturated carbocycles. The second-order valence-electron chi connectivity index (χ2n) is 8.45. The van der Waals surface area contributed by atoms with Gasteiger partial charge in [0.25, 0.3) is 5.91 Å². The van der Waals surface area contributed by atoms with Gasteiger partial charge in [0.2, 0.25) is 0 Å². The molecular weight excluding hydrogens is 495 g/mol. The maximum atomic E-state index is 13.4. The van der Waals surface area contributed by atoms with E-state index in [4.69, 9.17) is 0 Å². The van der Waals surface area contributed by atoms with Gasteiger partial charge in [0.1, 0.15) is 29.1 Å². The highest BCUT2D eigenvalue weighted by atomic mass is 19.4. The van der Waals surface area contributed by atoms with E-state index >= 15 is 0 Å². The third kappa shape index (κ3) is 4.74. The molecule has 2 bridgehead atoms. The molecule has 0 unspecified atom stereocenters. The van der Waals surface area contributed by atoms with E-state index in [0.717, 1.165) is 29.0 Å². The standard InChI is InChI=1S/C21H17F9N4O/c1-33(15-4-2-3-13(31-15)20(25,26)27)18(35)17-10-5-6-12(7-10)34(17)16-9-11(19(22,23)24)8-14(32-16)21(28,29)30/h2-4,8-10,12,17H,5-7H2,1H3/t10-,12+,17-/m0/s1. The van der Waals surface area contributed by atoms with E-state index < -0.39 is 65.2 Å². The third-order valence-electron chi connectivity index (χ3n) is 6.23. The third-order valence-corrected chi connectivity index (χ3v) is 6.23. The molecule has 3 atom stereocenters. The van der Waals surface area contributed by atoms with Crippen LogP contribution < -0.4 is 9.80 Å². The minimum Gasteiger partial charge on any atom is -0.341 e. The van der Waals surface area contributed by atoms with Crippen molar-refractivity contribution in [3.63, 3.8) is 0 Å². The minimum absolute atomic E-state index is 0.104. The lowest BCUT2D eigenvalue weighted by Crippen LogP contribution is -2.51. The van der Waals surface area contributed by atoms with Gasteiger partial charge < -0.3 is 4.90 Å². The van der Waals surface area contributed by atoms with Crippen molar-refractivity contribution in [3.05, 3.63) is 47.3 Å². The zero-order valence-corrected chi connectivity index (χ0v) is 17.8. The Hall–Kier alpha value is -3.06. The van der Waals surface area contributed by atoms with E-state index in [-0.39, 0.29) is 11.9 Å². The number of hydrogen-bond acceptors (Lipinski definition) is 4. The van der Waals surface area contributed by atoms with Gasteiger partial charge in [-0.25, -0.2) is 9.97 Å². The number of piperidine rings is 1. The molecule has 5 nitrogen and oxygen atoms in total. The SMILES string of the molecule is CN(C(=O)[C@@H]1[C@H]2CC[C@H](C2)N1c1cc(C(F)(F)F)cc(C(F)(F)F)n1)c1cccc(C(F)(F)F)n1. The van der Waals surface area contributed by atoms with E-state index in [0.29, 0.717) is 31.4 Å². The molecule has 0 spiro atoms. The summed E-state index contributed by atoms with van der Waals surface area (Å²) in [5.74, 6) is -2.26. The summed E-state index contributed by atoms with van der Waals surface area (Å²) >= 11 is 0. The molecule has 1 saturated heterocycles. The lowest BCUT2D eigenvalue weighted by molar-refractivity contribution is -0.145. The number of alkyl halides is 9. The Bertz CT molecular complexity index is 1100. The molecule has 14 heteroatoms. The fourth-order valence-electron chi connectivity index (χ4n) is 4.67. The van der Waals surface area contributed by atoms with Gasteiger partial charge in [-0.3, -0.25) is 9.69 Å². The summed E-state index contributed by atoms with van der Waals surface area (Å²) in [7, 11) is 1.15. The van der Waals surface area contributed by atoms with Crippen molar-refractivity contribution in [2.75, 3.05) is 16.8 Å². The number of rotatable bonds is 3. The topological polar surface area (TPSA) is 49.3 Å². The largest absolute Gasteiger partial charge is 0.433 e. The molecule has 190 valence electrons. The van der Waals surface area contributed by atoms with Crippen LogP contribution in [0.5, 0.6) is 0 Å². The maximum absolute atomic E-state index is 13.4. The number of nitrogens with zero attached hydrogens (tertiary/aromatic N) is 4. The molecule has 0 radical (unpaired) electrons. The van der Waals surface area contributed by atoms with Gasteiger partial charge in [0, 0.05) is 13.1 Å².